The summed E-state index contributed by atoms with van der Waals surface area (Å²) in [5.41, 5.74) is 8.54. The smallest absolute Gasteiger partial charge is 0.227 e. The van der Waals surface area contributed by atoms with Crippen molar-refractivity contribution in [3.05, 3.63) is 53.9 Å². The van der Waals surface area contributed by atoms with Crippen LogP contribution in [0, 0.1) is 0 Å². The van der Waals surface area contributed by atoms with E-state index in [2.05, 4.69) is 11.1 Å². The average Bonchev–Trinajstić information content (AvgIpc) is 3.11. The molecule has 3 N–H and O–H groups in total. The Kier molecular flexibility index (Phi) is 3.46. The Balaban J connectivity index is 1.71. The molecule has 0 bridgehead atoms. The van der Waals surface area contributed by atoms with E-state index in [9.17, 15) is 4.79 Å². The molecule has 1 unspecified atom stereocenters. The van der Waals surface area contributed by atoms with Crippen LogP contribution < -0.4 is 5.73 Å². The quantitative estimate of drug-likeness (QED) is 0.841. The molecule has 1 aromatic carbocycles. The van der Waals surface area contributed by atoms with E-state index < -0.39 is 0 Å². The monoisotopic (exact) mass is 269 g/mol. The number of aromatic amines is 1. The molecule has 1 atom stereocenters. The van der Waals surface area contributed by atoms with Crippen molar-refractivity contribution in [2.45, 2.75) is 25.3 Å². The molecule has 104 valence electrons. The Hall–Kier alpha value is -2.23. The van der Waals surface area contributed by atoms with E-state index in [-0.39, 0.29) is 11.9 Å². The van der Waals surface area contributed by atoms with Crippen LogP contribution >= 0.6 is 0 Å². The van der Waals surface area contributed by atoms with Crippen molar-refractivity contribution in [3.8, 4) is 0 Å². The third-order valence-corrected chi connectivity index (χ3v) is 3.89. The molecule has 2 aromatic rings. The standard InChI is InChI=1S/C16H19N3O/c17-13-7-5-12(6-8-13)11-16(20)19-10-2-4-15(19)14-3-1-9-18-14/h1,3,5-9,15,18H,2,4,10-11,17H2. The first-order valence-electron chi connectivity index (χ1n) is 7.01. The van der Waals surface area contributed by atoms with E-state index in [0.717, 1.165) is 36.3 Å². The second-order valence-electron chi connectivity index (χ2n) is 5.29. The zero-order valence-electron chi connectivity index (χ0n) is 11.4. The van der Waals surface area contributed by atoms with Crippen LogP contribution in [0.2, 0.25) is 0 Å². The van der Waals surface area contributed by atoms with Gasteiger partial charge < -0.3 is 15.6 Å². The van der Waals surface area contributed by atoms with Crippen LogP contribution in [0.5, 0.6) is 0 Å². The third-order valence-electron chi connectivity index (χ3n) is 3.89. The summed E-state index contributed by atoms with van der Waals surface area (Å²) in [7, 11) is 0. The van der Waals surface area contributed by atoms with Gasteiger partial charge in [0, 0.05) is 24.1 Å². The number of carbonyl (C=O) groups excluding carboxylic acids is 1. The van der Waals surface area contributed by atoms with Crippen molar-refractivity contribution in [2.24, 2.45) is 0 Å². The Bertz CT molecular complexity index is 574. The molecular weight excluding hydrogens is 250 g/mol. The van der Waals surface area contributed by atoms with Crippen molar-refractivity contribution in [1.82, 2.24) is 9.88 Å². The minimum atomic E-state index is 0.187. The Labute approximate surface area is 118 Å². The van der Waals surface area contributed by atoms with Crippen LogP contribution in [0.15, 0.2) is 42.6 Å². The molecule has 2 heterocycles. The van der Waals surface area contributed by atoms with Crippen molar-refractivity contribution in [3.63, 3.8) is 0 Å². The highest BCUT2D eigenvalue weighted by molar-refractivity contribution is 5.79. The molecular formula is C16H19N3O. The maximum absolute atomic E-state index is 12.5. The summed E-state index contributed by atoms with van der Waals surface area (Å²) in [6.45, 7) is 0.845. The first-order chi connectivity index (χ1) is 9.74. The number of nitrogens with zero attached hydrogens (tertiary/aromatic N) is 1. The maximum Gasteiger partial charge on any atom is 0.227 e. The van der Waals surface area contributed by atoms with Gasteiger partial charge in [0.2, 0.25) is 5.91 Å². The highest BCUT2D eigenvalue weighted by Gasteiger charge is 2.30. The molecule has 3 rings (SSSR count). The van der Waals surface area contributed by atoms with Gasteiger partial charge in [-0.25, -0.2) is 0 Å². The lowest BCUT2D eigenvalue weighted by Crippen LogP contribution is -2.32. The molecule has 0 spiro atoms. The number of nitrogens with two attached hydrogens (primary N) is 1. The summed E-state index contributed by atoms with van der Waals surface area (Å²) in [4.78, 5) is 17.7. The number of amides is 1. The van der Waals surface area contributed by atoms with Crippen LogP contribution in [0.1, 0.15) is 30.1 Å². The van der Waals surface area contributed by atoms with Gasteiger partial charge in [-0.3, -0.25) is 4.79 Å². The number of aromatic nitrogens is 1. The zero-order chi connectivity index (χ0) is 13.9. The lowest BCUT2D eigenvalue weighted by atomic mass is 10.1. The normalized spacial score (nSPS) is 18.4. The Morgan fingerprint density at radius 1 is 1.30 bits per heavy atom. The molecule has 1 aliphatic heterocycles. The SMILES string of the molecule is Nc1ccc(CC(=O)N2CCCC2c2ccc[nH]2)cc1. The summed E-state index contributed by atoms with van der Waals surface area (Å²) in [5.74, 6) is 0.187. The Morgan fingerprint density at radius 3 is 2.80 bits per heavy atom. The molecule has 1 saturated heterocycles. The maximum atomic E-state index is 12.5. The first kappa shape index (κ1) is 12.8. The first-order valence-corrected chi connectivity index (χ1v) is 7.01. The summed E-state index contributed by atoms with van der Waals surface area (Å²) in [6, 6.07) is 11.8. The minimum Gasteiger partial charge on any atom is -0.399 e. The average molecular weight is 269 g/mol. The predicted molar refractivity (Wildman–Crippen MR) is 79.0 cm³/mol. The molecule has 0 radical (unpaired) electrons. The van der Waals surface area contributed by atoms with Gasteiger partial charge in [0.05, 0.1) is 12.5 Å². The van der Waals surface area contributed by atoms with E-state index in [1.807, 2.05) is 41.4 Å². The van der Waals surface area contributed by atoms with E-state index in [0.29, 0.717) is 6.42 Å². The highest BCUT2D eigenvalue weighted by atomic mass is 16.2. The van der Waals surface area contributed by atoms with Crippen LogP contribution in [-0.4, -0.2) is 22.3 Å². The van der Waals surface area contributed by atoms with Crippen molar-refractivity contribution < 1.29 is 4.79 Å². The van der Waals surface area contributed by atoms with Gasteiger partial charge in [0.15, 0.2) is 0 Å². The number of hydrogen-bond donors (Lipinski definition) is 2. The molecule has 0 aliphatic carbocycles. The van der Waals surface area contributed by atoms with Crippen molar-refractivity contribution in [2.75, 3.05) is 12.3 Å². The van der Waals surface area contributed by atoms with Crippen molar-refractivity contribution in [1.29, 1.82) is 0 Å². The second kappa shape index (κ2) is 5.41. The summed E-state index contributed by atoms with van der Waals surface area (Å²) >= 11 is 0. The van der Waals surface area contributed by atoms with Gasteiger partial charge in [0.25, 0.3) is 0 Å². The third kappa shape index (κ3) is 2.54. The van der Waals surface area contributed by atoms with Crippen molar-refractivity contribution >= 4 is 11.6 Å². The van der Waals surface area contributed by atoms with Crippen LogP contribution in [0.3, 0.4) is 0 Å². The molecule has 1 aromatic heterocycles. The van der Waals surface area contributed by atoms with Gasteiger partial charge in [-0.1, -0.05) is 12.1 Å². The van der Waals surface area contributed by atoms with Gasteiger partial charge in [-0.05, 0) is 42.7 Å². The van der Waals surface area contributed by atoms with Crippen LogP contribution in [0.25, 0.3) is 0 Å². The van der Waals surface area contributed by atoms with Crippen LogP contribution in [-0.2, 0) is 11.2 Å². The fourth-order valence-electron chi connectivity index (χ4n) is 2.85. The lowest BCUT2D eigenvalue weighted by Gasteiger charge is -2.24. The number of nitrogen functional groups attached to an aromatic ring is 1. The Morgan fingerprint density at radius 2 is 2.10 bits per heavy atom. The lowest BCUT2D eigenvalue weighted by molar-refractivity contribution is -0.131. The summed E-state index contributed by atoms with van der Waals surface area (Å²) in [5, 5.41) is 0. The fraction of sp³-hybridized carbons (Fsp3) is 0.312. The molecule has 20 heavy (non-hydrogen) atoms. The van der Waals surface area contributed by atoms with Gasteiger partial charge in [0.1, 0.15) is 0 Å². The number of hydrogen-bond acceptors (Lipinski definition) is 2. The molecule has 4 nitrogen and oxygen atoms in total. The number of likely N-dealkylation sites (tertiary alicyclic amines) is 1. The number of anilines is 1. The minimum absolute atomic E-state index is 0.187. The highest BCUT2D eigenvalue weighted by Crippen LogP contribution is 2.31. The topological polar surface area (TPSA) is 62.1 Å². The molecule has 1 fully saturated rings. The van der Waals surface area contributed by atoms with Gasteiger partial charge in [-0.2, -0.15) is 0 Å². The van der Waals surface area contributed by atoms with Crippen LogP contribution in [0.4, 0.5) is 5.69 Å². The summed E-state index contributed by atoms with van der Waals surface area (Å²) in [6.07, 6.45) is 4.46. The number of benzene rings is 1. The predicted octanol–water partition coefficient (Wildman–Crippen LogP) is 2.50. The zero-order valence-corrected chi connectivity index (χ0v) is 11.4. The van der Waals surface area contributed by atoms with Gasteiger partial charge in [-0.15, -0.1) is 0 Å². The number of nitrogens with one attached hydrogen (secondary N) is 1. The largest absolute Gasteiger partial charge is 0.399 e. The number of H-pyrrole nitrogens is 1. The molecule has 4 heteroatoms. The van der Waals surface area contributed by atoms with E-state index in [4.69, 9.17) is 5.73 Å². The van der Waals surface area contributed by atoms with E-state index >= 15 is 0 Å². The number of carbonyl (C=O) groups is 1. The fourth-order valence-corrected chi connectivity index (χ4v) is 2.85. The second-order valence-corrected chi connectivity index (χ2v) is 5.29. The van der Waals surface area contributed by atoms with E-state index in [1.165, 1.54) is 0 Å². The van der Waals surface area contributed by atoms with Gasteiger partial charge >= 0.3 is 0 Å². The number of rotatable bonds is 3. The molecule has 0 saturated carbocycles. The molecule has 1 amide bonds. The molecule has 1 aliphatic rings. The van der Waals surface area contributed by atoms with E-state index in [1.54, 1.807) is 0 Å². The summed E-state index contributed by atoms with van der Waals surface area (Å²) < 4.78 is 0.